The number of nitrogens with one attached hydrogen (secondary N) is 1. The van der Waals surface area contributed by atoms with Crippen molar-refractivity contribution in [2.45, 2.75) is 38.8 Å². The zero-order chi connectivity index (χ0) is 11.5. The van der Waals surface area contributed by atoms with Crippen molar-refractivity contribution < 1.29 is 0 Å². The Labute approximate surface area is 98.7 Å². The van der Waals surface area contributed by atoms with E-state index in [1.165, 1.54) is 24.1 Å². The van der Waals surface area contributed by atoms with Crippen LogP contribution in [0.5, 0.6) is 0 Å². The summed E-state index contributed by atoms with van der Waals surface area (Å²) in [6.07, 6.45) is 2.57. The number of likely N-dealkylation sites (N-methyl/N-ethyl adjacent to an activating group) is 1. The third-order valence-electron chi connectivity index (χ3n) is 3.62. The Kier molecular flexibility index (Phi) is 3.49. The molecule has 1 fully saturated rings. The molecule has 2 rings (SSSR count). The number of hydrogen-bond acceptors (Lipinski definition) is 2. The van der Waals surface area contributed by atoms with Crippen LogP contribution in [-0.2, 0) is 0 Å². The topological polar surface area (TPSA) is 15.3 Å². The van der Waals surface area contributed by atoms with Crippen LogP contribution in [0.1, 0.15) is 25.3 Å². The Bertz CT molecular complexity index is 323. The van der Waals surface area contributed by atoms with Crippen molar-refractivity contribution in [1.82, 2.24) is 5.32 Å². The van der Waals surface area contributed by atoms with Crippen LogP contribution < -0.4 is 10.2 Å². The summed E-state index contributed by atoms with van der Waals surface area (Å²) in [6, 6.07) is 10.1. The standard InChI is InChI=1S/C14H22N2/c1-11-4-7-13(8-5-11)16(3)14-9-6-12(2)15-10-14/h4-5,7-8,12,14-15H,6,9-10H2,1-3H3. The molecule has 1 N–H and O–H groups in total. The summed E-state index contributed by atoms with van der Waals surface area (Å²) >= 11 is 0. The Hall–Kier alpha value is -1.02. The Morgan fingerprint density at radius 2 is 1.88 bits per heavy atom. The zero-order valence-electron chi connectivity index (χ0n) is 10.5. The van der Waals surface area contributed by atoms with Crippen LogP contribution in [0.4, 0.5) is 5.69 Å². The van der Waals surface area contributed by atoms with Gasteiger partial charge in [0.25, 0.3) is 0 Å². The van der Waals surface area contributed by atoms with Gasteiger partial charge in [0, 0.05) is 31.4 Å². The smallest absolute Gasteiger partial charge is 0.0411 e. The van der Waals surface area contributed by atoms with Gasteiger partial charge >= 0.3 is 0 Å². The second-order valence-electron chi connectivity index (χ2n) is 4.99. The molecule has 1 saturated heterocycles. The lowest BCUT2D eigenvalue weighted by molar-refractivity contribution is 0.376. The molecule has 2 heteroatoms. The fraction of sp³-hybridized carbons (Fsp3) is 0.571. The van der Waals surface area contributed by atoms with Gasteiger partial charge in [-0.1, -0.05) is 17.7 Å². The number of piperidine rings is 1. The lowest BCUT2D eigenvalue weighted by atomic mass is 10.0. The SMILES string of the molecule is Cc1ccc(N(C)C2CCC(C)NC2)cc1. The molecule has 1 aromatic rings. The third-order valence-corrected chi connectivity index (χ3v) is 3.62. The molecule has 2 atom stereocenters. The molecule has 16 heavy (non-hydrogen) atoms. The molecule has 1 aliphatic rings. The van der Waals surface area contributed by atoms with E-state index in [4.69, 9.17) is 0 Å². The van der Waals surface area contributed by atoms with Gasteiger partial charge in [-0.2, -0.15) is 0 Å². The highest BCUT2D eigenvalue weighted by Gasteiger charge is 2.21. The molecule has 0 saturated carbocycles. The van der Waals surface area contributed by atoms with Crippen LogP contribution in [0.15, 0.2) is 24.3 Å². The molecule has 0 aliphatic carbocycles. The second kappa shape index (κ2) is 4.88. The first kappa shape index (κ1) is 11.5. The summed E-state index contributed by atoms with van der Waals surface area (Å²) in [5, 5.41) is 3.55. The molecule has 0 radical (unpaired) electrons. The van der Waals surface area contributed by atoms with Gasteiger partial charge in [0.2, 0.25) is 0 Å². The minimum Gasteiger partial charge on any atom is -0.370 e. The van der Waals surface area contributed by atoms with Gasteiger partial charge in [0.05, 0.1) is 0 Å². The van der Waals surface area contributed by atoms with E-state index < -0.39 is 0 Å². The van der Waals surface area contributed by atoms with E-state index in [2.05, 4.69) is 55.4 Å². The van der Waals surface area contributed by atoms with Crippen LogP contribution in [0.25, 0.3) is 0 Å². The second-order valence-corrected chi connectivity index (χ2v) is 4.99. The van der Waals surface area contributed by atoms with Crippen LogP contribution in [0.2, 0.25) is 0 Å². The summed E-state index contributed by atoms with van der Waals surface area (Å²) < 4.78 is 0. The van der Waals surface area contributed by atoms with Crippen molar-refractivity contribution in [1.29, 1.82) is 0 Å². The fourth-order valence-electron chi connectivity index (χ4n) is 2.31. The first-order chi connectivity index (χ1) is 7.66. The van der Waals surface area contributed by atoms with Crippen molar-refractivity contribution >= 4 is 5.69 Å². The van der Waals surface area contributed by atoms with Gasteiger partial charge in [0.15, 0.2) is 0 Å². The Morgan fingerprint density at radius 3 is 2.44 bits per heavy atom. The summed E-state index contributed by atoms with van der Waals surface area (Å²) in [5.41, 5.74) is 2.65. The van der Waals surface area contributed by atoms with Gasteiger partial charge in [-0.15, -0.1) is 0 Å². The minimum atomic E-state index is 0.638. The molecule has 0 amide bonds. The predicted molar refractivity (Wildman–Crippen MR) is 70.1 cm³/mol. The Morgan fingerprint density at radius 1 is 1.19 bits per heavy atom. The van der Waals surface area contributed by atoms with Crippen LogP contribution in [0.3, 0.4) is 0 Å². The number of hydrogen-bond donors (Lipinski definition) is 1. The summed E-state index contributed by atoms with van der Waals surface area (Å²) in [7, 11) is 2.20. The molecule has 2 unspecified atom stereocenters. The molecule has 1 heterocycles. The molecular weight excluding hydrogens is 196 g/mol. The molecule has 0 bridgehead atoms. The zero-order valence-corrected chi connectivity index (χ0v) is 10.5. The molecule has 1 aromatic carbocycles. The highest BCUT2D eigenvalue weighted by atomic mass is 15.2. The molecule has 1 aliphatic heterocycles. The molecule has 0 aromatic heterocycles. The van der Waals surface area contributed by atoms with Crippen molar-refractivity contribution in [3.8, 4) is 0 Å². The third kappa shape index (κ3) is 2.56. The summed E-state index contributed by atoms with van der Waals surface area (Å²) in [5.74, 6) is 0. The van der Waals surface area contributed by atoms with Gasteiger partial charge in [-0.3, -0.25) is 0 Å². The quantitative estimate of drug-likeness (QED) is 0.820. The molecular formula is C14H22N2. The lowest BCUT2D eigenvalue weighted by Crippen LogP contribution is -2.47. The minimum absolute atomic E-state index is 0.638. The fourth-order valence-corrected chi connectivity index (χ4v) is 2.31. The van der Waals surface area contributed by atoms with E-state index in [1.807, 2.05) is 0 Å². The molecule has 88 valence electrons. The number of benzene rings is 1. The Balaban J connectivity index is 2.01. The van der Waals surface area contributed by atoms with Crippen molar-refractivity contribution in [3.05, 3.63) is 29.8 Å². The maximum atomic E-state index is 3.55. The highest BCUT2D eigenvalue weighted by Crippen LogP contribution is 2.20. The van der Waals surface area contributed by atoms with Gasteiger partial charge in [-0.05, 0) is 38.8 Å². The van der Waals surface area contributed by atoms with E-state index >= 15 is 0 Å². The predicted octanol–water partition coefficient (Wildman–Crippen LogP) is 2.57. The average Bonchev–Trinajstić information content (AvgIpc) is 2.30. The highest BCUT2D eigenvalue weighted by molar-refractivity contribution is 5.47. The lowest BCUT2D eigenvalue weighted by Gasteiger charge is -2.35. The van der Waals surface area contributed by atoms with E-state index in [-0.39, 0.29) is 0 Å². The number of aryl methyl sites for hydroxylation is 1. The van der Waals surface area contributed by atoms with Crippen LogP contribution >= 0.6 is 0 Å². The van der Waals surface area contributed by atoms with Gasteiger partial charge in [0.1, 0.15) is 0 Å². The van der Waals surface area contributed by atoms with Crippen molar-refractivity contribution in [2.75, 3.05) is 18.5 Å². The average molecular weight is 218 g/mol. The van der Waals surface area contributed by atoms with Crippen molar-refractivity contribution in [2.24, 2.45) is 0 Å². The molecule has 2 nitrogen and oxygen atoms in total. The van der Waals surface area contributed by atoms with Gasteiger partial charge < -0.3 is 10.2 Å². The van der Waals surface area contributed by atoms with E-state index in [0.29, 0.717) is 12.1 Å². The maximum Gasteiger partial charge on any atom is 0.0411 e. The summed E-state index contributed by atoms with van der Waals surface area (Å²) in [4.78, 5) is 2.40. The first-order valence-electron chi connectivity index (χ1n) is 6.19. The maximum absolute atomic E-state index is 3.55. The largest absolute Gasteiger partial charge is 0.370 e. The van der Waals surface area contributed by atoms with Crippen LogP contribution in [0, 0.1) is 6.92 Å². The van der Waals surface area contributed by atoms with E-state index in [0.717, 1.165) is 6.54 Å². The monoisotopic (exact) mass is 218 g/mol. The van der Waals surface area contributed by atoms with Crippen LogP contribution in [-0.4, -0.2) is 25.7 Å². The number of nitrogens with zero attached hydrogens (tertiary/aromatic N) is 1. The van der Waals surface area contributed by atoms with Crippen molar-refractivity contribution in [3.63, 3.8) is 0 Å². The van der Waals surface area contributed by atoms with E-state index in [1.54, 1.807) is 0 Å². The number of rotatable bonds is 2. The number of anilines is 1. The van der Waals surface area contributed by atoms with E-state index in [9.17, 15) is 0 Å². The first-order valence-corrected chi connectivity index (χ1v) is 6.19. The summed E-state index contributed by atoms with van der Waals surface area (Å²) in [6.45, 7) is 5.50. The van der Waals surface area contributed by atoms with Gasteiger partial charge in [-0.25, -0.2) is 0 Å². The molecule has 0 spiro atoms. The normalized spacial score (nSPS) is 25.4.